The number of rotatable bonds is 3. The Hall–Kier alpha value is -1.71. The number of urea groups is 1. The van der Waals surface area contributed by atoms with Crippen LogP contribution in [-0.4, -0.2) is 30.6 Å². The summed E-state index contributed by atoms with van der Waals surface area (Å²) in [6.07, 6.45) is 5.66. The molecule has 4 nitrogen and oxygen atoms in total. The van der Waals surface area contributed by atoms with Gasteiger partial charge >= 0.3 is 6.03 Å². The molecule has 0 bridgehead atoms. The van der Waals surface area contributed by atoms with E-state index in [2.05, 4.69) is 6.92 Å². The zero-order valence-electron chi connectivity index (χ0n) is 12.3. The highest BCUT2D eigenvalue weighted by Gasteiger charge is 2.22. The van der Waals surface area contributed by atoms with Crippen LogP contribution in [-0.2, 0) is 0 Å². The summed E-state index contributed by atoms with van der Waals surface area (Å²) in [5.74, 6) is 0. The third-order valence-corrected chi connectivity index (χ3v) is 3.76. The molecule has 20 heavy (non-hydrogen) atoms. The van der Waals surface area contributed by atoms with Crippen molar-refractivity contribution in [1.29, 1.82) is 0 Å². The van der Waals surface area contributed by atoms with Gasteiger partial charge in [-0.05, 0) is 43.5 Å². The van der Waals surface area contributed by atoms with E-state index in [1.807, 2.05) is 34.1 Å². The number of carbonyl (C=O) groups is 1. The molecule has 0 radical (unpaired) electrons. The Morgan fingerprint density at radius 3 is 2.30 bits per heavy atom. The second-order valence-corrected chi connectivity index (χ2v) is 5.43. The summed E-state index contributed by atoms with van der Waals surface area (Å²) in [6, 6.07) is 7.71. The average molecular weight is 275 g/mol. The monoisotopic (exact) mass is 275 g/mol. The predicted octanol–water partition coefficient (Wildman–Crippen LogP) is 3.48. The van der Waals surface area contributed by atoms with Gasteiger partial charge < -0.3 is 10.6 Å². The minimum absolute atomic E-state index is 0.138. The summed E-state index contributed by atoms with van der Waals surface area (Å²) in [7, 11) is 0. The lowest BCUT2D eigenvalue weighted by atomic mass is 10.2. The van der Waals surface area contributed by atoms with Gasteiger partial charge in [-0.1, -0.05) is 19.8 Å². The van der Waals surface area contributed by atoms with Crippen molar-refractivity contribution < 1.29 is 4.79 Å². The standard InChI is InChI=1S/C16H25N3O/c1-2-11-19(15-9-7-14(17)8-10-15)16(20)18-12-5-3-4-6-13-18/h7-10H,2-6,11-13,17H2,1H3. The summed E-state index contributed by atoms with van der Waals surface area (Å²) >= 11 is 0. The molecule has 2 amide bonds. The lowest BCUT2D eigenvalue weighted by Crippen LogP contribution is -2.44. The number of nitrogen functional groups attached to an aromatic ring is 1. The number of amides is 2. The van der Waals surface area contributed by atoms with Crippen LogP contribution in [0.5, 0.6) is 0 Å². The van der Waals surface area contributed by atoms with Crippen LogP contribution in [0.2, 0.25) is 0 Å². The SMILES string of the molecule is CCCN(C(=O)N1CCCCCC1)c1ccc(N)cc1. The number of likely N-dealkylation sites (tertiary alicyclic amines) is 1. The van der Waals surface area contributed by atoms with Crippen molar-refractivity contribution >= 4 is 17.4 Å². The second-order valence-electron chi connectivity index (χ2n) is 5.43. The van der Waals surface area contributed by atoms with Crippen LogP contribution in [0.4, 0.5) is 16.2 Å². The van der Waals surface area contributed by atoms with E-state index < -0.39 is 0 Å². The van der Waals surface area contributed by atoms with Crippen molar-refractivity contribution in [2.45, 2.75) is 39.0 Å². The van der Waals surface area contributed by atoms with Crippen molar-refractivity contribution in [1.82, 2.24) is 4.90 Å². The fourth-order valence-corrected chi connectivity index (χ4v) is 2.65. The molecule has 1 aromatic carbocycles. The van der Waals surface area contributed by atoms with Crippen LogP contribution in [0, 0.1) is 0 Å². The Morgan fingerprint density at radius 1 is 1.15 bits per heavy atom. The number of hydrogen-bond acceptors (Lipinski definition) is 2. The number of anilines is 2. The molecule has 1 aliphatic rings. The van der Waals surface area contributed by atoms with E-state index in [1.165, 1.54) is 12.8 Å². The van der Waals surface area contributed by atoms with E-state index in [0.717, 1.165) is 50.3 Å². The molecule has 0 spiro atoms. The molecule has 0 atom stereocenters. The molecule has 1 saturated heterocycles. The Morgan fingerprint density at radius 2 is 1.75 bits per heavy atom. The molecule has 2 N–H and O–H groups in total. The van der Waals surface area contributed by atoms with Crippen molar-refractivity contribution in [2.75, 3.05) is 30.3 Å². The van der Waals surface area contributed by atoms with E-state index in [9.17, 15) is 4.79 Å². The van der Waals surface area contributed by atoms with Crippen LogP contribution in [0.15, 0.2) is 24.3 Å². The minimum atomic E-state index is 0.138. The zero-order chi connectivity index (χ0) is 14.4. The molecular formula is C16H25N3O. The van der Waals surface area contributed by atoms with E-state index in [-0.39, 0.29) is 6.03 Å². The van der Waals surface area contributed by atoms with Gasteiger partial charge in [0.2, 0.25) is 0 Å². The maximum absolute atomic E-state index is 12.7. The molecule has 0 aromatic heterocycles. The molecule has 110 valence electrons. The number of carbonyl (C=O) groups excluding carboxylic acids is 1. The Labute approximate surface area is 121 Å². The van der Waals surface area contributed by atoms with Crippen LogP contribution in [0.25, 0.3) is 0 Å². The van der Waals surface area contributed by atoms with Crippen LogP contribution in [0.1, 0.15) is 39.0 Å². The fraction of sp³-hybridized carbons (Fsp3) is 0.562. The van der Waals surface area contributed by atoms with E-state index in [0.29, 0.717) is 0 Å². The minimum Gasteiger partial charge on any atom is -0.399 e. The molecule has 1 fully saturated rings. The number of benzene rings is 1. The predicted molar refractivity (Wildman–Crippen MR) is 83.9 cm³/mol. The maximum Gasteiger partial charge on any atom is 0.324 e. The lowest BCUT2D eigenvalue weighted by Gasteiger charge is -2.30. The van der Waals surface area contributed by atoms with Gasteiger partial charge in [0.1, 0.15) is 0 Å². The molecular weight excluding hydrogens is 250 g/mol. The summed E-state index contributed by atoms with van der Waals surface area (Å²) < 4.78 is 0. The summed E-state index contributed by atoms with van der Waals surface area (Å²) in [6.45, 7) is 4.61. The van der Waals surface area contributed by atoms with Crippen molar-refractivity contribution in [3.8, 4) is 0 Å². The first kappa shape index (κ1) is 14.7. The van der Waals surface area contributed by atoms with E-state index >= 15 is 0 Å². The van der Waals surface area contributed by atoms with Crippen molar-refractivity contribution in [2.24, 2.45) is 0 Å². The van der Waals surface area contributed by atoms with Gasteiger partial charge in [0.05, 0.1) is 0 Å². The molecule has 1 heterocycles. The van der Waals surface area contributed by atoms with Gasteiger partial charge in [-0.15, -0.1) is 0 Å². The van der Waals surface area contributed by atoms with Gasteiger partial charge in [0.15, 0.2) is 0 Å². The lowest BCUT2D eigenvalue weighted by molar-refractivity contribution is 0.206. The topological polar surface area (TPSA) is 49.6 Å². The van der Waals surface area contributed by atoms with Crippen LogP contribution >= 0.6 is 0 Å². The Balaban J connectivity index is 2.14. The molecule has 0 unspecified atom stereocenters. The smallest absolute Gasteiger partial charge is 0.324 e. The number of nitrogens with zero attached hydrogens (tertiary/aromatic N) is 2. The maximum atomic E-state index is 12.7. The van der Waals surface area contributed by atoms with Crippen molar-refractivity contribution in [3.05, 3.63) is 24.3 Å². The molecule has 1 aliphatic heterocycles. The quantitative estimate of drug-likeness (QED) is 0.859. The molecule has 2 rings (SSSR count). The first-order valence-corrected chi connectivity index (χ1v) is 7.64. The van der Waals surface area contributed by atoms with Gasteiger partial charge in [0, 0.05) is 31.0 Å². The molecule has 1 aromatic rings. The summed E-state index contributed by atoms with van der Waals surface area (Å²) in [4.78, 5) is 16.6. The highest BCUT2D eigenvalue weighted by molar-refractivity contribution is 5.92. The van der Waals surface area contributed by atoms with Crippen LogP contribution < -0.4 is 10.6 Å². The molecule has 0 saturated carbocycles. The highest BCUT2D eigenvalue weighted by atomic mass is 16.2. The highest BCUT2D eigenvalue weighted by Crippen LogP contribution is 2.20. The third-order valence-electron chi connectivity index (χ3n) is 3.76. The van der Waals surface area contributed by atoms with E-state index in [4.69, 9.17) is 5.73 Å². The zero-order valence-corrected chi connectivity index (χ0v) is 12.3. The molecule has 0 aliphatic carbocycles. The van der Waals surface area contributed by atoms with E-state index in [1.54, 1.807) is 0 Å². The average Bonchev–Trinajstić information content (AvgIpc) is 2.74. The largest absolute Gasteiger partial charge is 0.399 e. The van der Waals surface area contributed by atoms with Crippen LogP contribution in [0.3, 0.4) is 0 Å². The number of nitrogens with two attached hydrogens (primary N) is 1. The Kier molecular flexibility index (Phi) is 5.27. The van der Waals surface area contributed by atoms with Crippen molar-refractivity contribution in [3.63, 3.8) is 0 Å². The fourth-order valence-electron chi connectivity index (χ4n) is 2.65. The van der Waals surface area contributed by atoms with Gasteiger partial charge in [-0.25, -0.2) is 4.79 Å². The normalized spacial score (nSPS) is 15.8. The molecule has 4 heteroatoms. The summed E-state index contributed by atoms with van der Waals surface area (Å²) in [5.41, 5.74) is 7.40. The number of hydrogen-bond donors (Lipinski definition) is 1. The first-order valence-electron chi connectivity index (χ1n) is 7.64. The third kappa shape index (κ3) is 3.65. The Bertz CT molecular complexity index is 422. The van der Waals surface area contributed by atoms with Gasteiger partial charge in [-0.2, -0.15) is 0 Å². The second kappa shape index (κ2) is 7.17. The first-order chi connectivity index (χ1) is 9.72. The summed E-state index contributed by atoms with van der Waals surface area (Å²) in [5, 5.41) is 0. The van der Waals surface area contributed by atoms with Gasteiger partial charge in [0.25, 0.3) is 0 Å². The van der Waals surface area contributed by atoms with Gasteiger partial charge in [-0.3, -0.25) is 4.90 Å².